The molecular formula is C22H24O7. The van der Waals surface area contributed by atoms with E-state index in [-0.39, 0.29) is 35.5 Å². The number of rotatable bonds is 2. The van der Waals surface area contributed by atoms with Crippen LogP contribution in [0.5, 0.6) is 0 Å². The van der Waals surface area contributed by atoms with E-state index in [9.17, 15) is 9.59 Å². The fourth-order valence-electron chi connectivity index (χ4n) is 7.60. The molecule has 8 rings (SSSR count). The van der Waals surface area contributed by atoms with E-state index >= 15 is 0 Å². The molecule has 7 heteroatoms. The molecule has 154 valence electrons. The predicted molar refractivity (Wildman–Crippen MR) is 96.4 cm³/mol. The lowest BCUT2D eigenvalue weighted by atomic mass is 9.46. The Morgan fingerprint density at radius 2 is 1.97 bits per heavy atom. The standard InChI is InChI=1S/C22H24O7/c1-9(2)21-15(28-21)16-22(29-16)19(4)6-5-11-12(8-25-17(11)24)14(19)13-7-20(22,27-13)18(21)26-10(3)23/h9,15-16,18H,5-8H2,1-4H3/t15-,16-,18-,19-,20+,21-,22+/m0/s1. The molecule has 3 aliphatic carbocycles. The quantitative estimate of drug-likeness (QED) is 0.517. The maximum absolute atomic E-state index is 12.2. The summed E-state index contributed by atoms with van der Waals surface area (Å²) in [5.41, 5.74) is 0.667. The second-order valence-corrected chi connectivity index (χ2v) is 10.1. The van der Waals surface area contributed by atoms with Crippen LogP contribution in [0.4, 0.5) is 0 Å². The van der Waals surface area contributed by atoms with E-state index in [2.05, 4.69) is 20.8 Å². The zero-order chi connectivity index (χ0) is 20.1. The van der Waals surface area contributed by atoms with Gasteiger partial charge in [0.25, 0.3) is 0 Å². The van der Waals surface area contributed by atoms with Crippen molar-refractivity contribution in [3.63, 3.8) is 0 Å². The molecule has 0 radical (unpaired) electrons. The minimum atomic E-state index is -0.726. The summed E-state index contributed by atoms with van der Waals surface area (Å²) < 4.78 is 30.8. The first-order valence-corrected chi connectivity index (χ1v) is 10.6. The lowest BCUT2D eigenvalue weighted by Crippen LogP contribution is -2.78. The van der Waals surface area contributed by atoms with E-state index < -0.39 is 22.9 Å². The van der Waals surface area contributed by atoms with Crippen LogP contribution in [-0.4, -0.2) is 53.7 Å². The summed E-state index contributed by atoms with van der Waals surface area (Å²) in [7, 11) is 0. The van der Waals surface area contributed by atoms with Gasteiger partial charge in [-0.3, -0.25) is 4.79 Å². The van der Waals surface area contributed by atoms with Crippen molar-refractivity contribution in [2.24, 2.45) is 11.3 Å². The maximum Gasteiger partial charge on any atom is 0.334 e. The van der Waals surface area contributed by atoms with Crippen LogP contribution in [-0.2, 0) is 33.3 Å². The molecule has 5 aliphatic heterocycles. The van der Waals surface area contributed by atoms with Crippen LogP contribution in [0.15, 0.2) is 22.5 Å². The van der Waals surface area contributed by atoms with Gasteiger partial charge in [-0.25, -0.2) is 4.79 Å². The van der Waals surface area contributed by atoms with E-state index in [4.69, 9.17) is 23.7 Å². The van der Waals surface area contributed by atoms with Crippen LogP contribution in [0.2, 0.25) is 0 Å². The second-order valence-electron chi connectivity index (χ2n) is 10.1. The van der Waals surface area contributed by atoms with Crippen LogP contribution in [0.1, 0.15) is 47.0 Å². The number of cyclic esters (lactones) is 1. The Hall–Kier alpha value is -1.86. The normalized spacial score (nSPS) is 52.3. The molecule has 7 atom stereocenters. The molecule has 5 heterocycles. The first-order chi connectivity index (χ1) is 13.7. The first-order valence-electron chi connectivity index (χ1n) is 10.6. The number of ether oxygens (including phenoxy) is 5. The van der Waals surface area contributed by atoms with Gasteiger partial charge in [-0.15, -0.1) is 0 Å². The minimum Gasteiger partial charge on any atom is -0.483 e. The van der Waals surface area contributed by atoms with Gasteiger partial charge >= 0.3 is 11.9 Å². The van der Waals surface area contributed by atoms with Crippen LogP contribution < -0.4 is 0 Å². The number of esters is 2. The zero-order valence-electron chi connectivity index (χ0n) is 17.0. The van der Waals surface area contributed by atoms with Crippen molar-refractivity contribution in [1.82, 2.24) is 0 Å². The molecule has 0 N–H and O–H groups in total. The summed E-state index contributed by atoms with van der Waals surface area (Å²) in [6, 6.07) is 0. The van der Waals surface area contributed by atoms with Crippen molar-refractivity contribution in [2.45, 2.75) is 82.1 Å². The Labute approximate surface area is 168 Å². The smallest absolute Gasteiger partial charge is 0.334 e. The number of hydrogen-bond acceptors (Lipinski definition) is 7. The van der Waals surface area contributed by atoms with Crippen molar-refractivity contribution in [3.8, 4) is 0 Å². The summed E-state index contributed by atoms with van der Waals surface area (Å²) >= 11 is 0. The van der Waals surface area contributed by atoms with Crippen LogP contribution >= 0.6 is 0 Å². The number of epoxide rings is 2. The van der Waals surface area contributed by atoms with Gasteiger partial charge in [0.2, 0.25) is 0 Å². The van der Waals surface area contributed by atoms with Crippen molar-refractivity contribution in [3.05, 3.63) is 22.5 Å². The molecule has 0 aromatic carbocycles. The Kier molecular flexibility index (Phi) is 2.57. The molecule has 4 fully saturated rings. The Morgan fingerprint density at radius 1 is 1.21 bits per heavy atom. The maximum atomic E-state index is 12.2. The van der Waals surface area contributed by atoms with Crippen molar-refractivity contribution in [2.75, 3.05) is 6.61 Å². The first kappa shape index (κ1) is 16.9. The molecule has 0 aromatic heterocycles. The molecule has 8 aliphatic rings. The molecular weight excluding hydrogens is 376 g/mol. The third-order valence-electron chi connectivity index (χ3n) is 8.81. The van der Waals surface area contributed by atoms with E-state index in [1.807, 2.05) is 0 Å². The van der Waals surface area contributed by atoms with Gasteiger partial charge in [-0.1, -0.05) is 20.8 Å². The summed E-state index contributed by atoms with van der Waals surface area (Å²) in [6.45, 7) is 8.18. The second kappa shape index (κ2) is 4.42. The van der Waals surface area contributed by atoms with Crippen molar-refractivity contribution >= 4 is 11.9 Å². The number of carbonyl (C=O) groups excluding carboxylic acids is 2. The number of hydrogen-bond donors (Lipinski definition) is 0. The third-order valence-corrected chi connectivity index (χ3v) is 8.81. The Bertz CT molecular complexity index is 983. The molecule has 3 saturated heterocycles. The summed E-state index contributed by atoms with van der Waals surface area (Å²) in [5.74, 6) is 0.532. The fraction of sp³-hybridized carbons (Fsp3) is 0.727. The highest BCUT2D eigenvalue weighted by Crippen LogP contribution is 2.82. The summed E-state index contributed by atoms with van der Waals surface area (Å²) in [6.07, 6.45) is 1.42. The minimum absolute atomic E-state index is 0.0845. The summed E-state index contributed by atoms with van der Waals surface area (Å²) in [5, 5.41) is 0. The highest BCUT2D eigenvalue weighted by atomic mass is 16.7. The monoisotopic (exact) mass is 400 g/mol. The van der Waals surface area contributed by atoms with Gasteiger partial charge in [0.05, 0.1) is 6.42 Å². The van der Waals surface area contributed by atoms with E-state index in [1.165, 1.54) is 6.92 Å². The zero-order valence-corrected chi connectivity index (χ0v) is 17.0. The van der Waals surface area contributed by atoms with E-state index in [1.54, 1.807) is 0 Å². The SMILES string of the molecule is CC(=O)O[C@@H]1[C@@]2(C(C)C)O[C@H]2[C@@H]2O[C@@]23[C@@]2(C)CCC4=C(COC4=O)C2=C2C[C@@]13O2. The Balaban J connectivity index is 1.43. The van der Waals surface area contributed by atoms with Crippen LogP contribution in [0, 0.1) is 11.3 Å². The van der Waals surface area contributed by atoms with Gasteiger partial charge in [0.1, 0.15) is 30.2 Å². The average molecular weight is 400 g/mol. The van der Waals surface area contributed by atoms with Gasteiger partial charge in [0, 0.05) is 29.1 Å². The van der Waals surface area contributed by atoms with Crippen LogP contribution in [0.25, 0.3) is 0 Å². The molecule has 0 amide bonds. The number of fused-ring (bicyclic) bond motifs is 2. The average Bonchev–Trinajstić information content (AvgIpc) is 3.49. The lowest BCUT2D eigenvalue weighted by Gasteiger charge is -2.64. The van der Waals surface area contributed by atoms with Crippen molar-refractivity contribution in [1.29, 1.82) is 0 Å². The molecule has 1 saturated carbocycles. The fourth-order valence-corrected chi connectivity index (χ4v) is 7.60. The molecule has 29 heavy (non-hydrogen) atoms. The Morgan fingerprint density at radius 3 is 2.66 bits per heavy atom. The summed E-state index contributed by atoms with van der Waals surface area (Å²) in [4.78, 5) is 24.3. The van der Waals surface area contributed by atoms with E-state index in [0.29, 0.717) is 19.4 Å². The molecule has 2 bridgehead atoms. The topological polar surface area (TPSA) is 86.9 Å². The molecule has 0 aromatic rings. The van der Waals surface area contributed by atoms with Gasteiger partial charge < -0.3 is 23.7 Å². The highest BCUT2D eigenvalue weighted by molar-refractivity contribution is 5.94. The van der Waals surface area contributed by atoms with Gasteiger partial charge in [0.15, 0.2) is 17.3 Å². The number of carbonyl (C=O) groups is 2. The third kappa shape index (κ3) is 1.43. The molecule has 7 nitrogen and oxygen atoms in total. The van der Waals surface area contributed by atoms with Crippen LogP contribution in [0.3, 0.4) is 0 Å². The predicted octanol–water partition coefficient (Wildman–Crippen LogP) is 1.94. The van der Waals surface area contributed by atoms with Crippen molar-refractivity contribution < 1.29 is 33.3 Å². The van der Waals surface area contributed by atoms with E-state index in [0.717, 1.165) is 28.9 Å². The largest absolute Gasteiger partial charge is 0.483 e. The molecule has 0 unspecified atom stereocenters. The highest BCUT2D eigenvalue weighted by Gasteiger charge is 2.98. The lowest BCUT2D eigenvalue weighted by molar-refractivity contribution is -0.263. The van der Waals surface area contributed by atoms with Gasteiger partial charge in [-0.2, -0.15) is 0 Å². The van der Waals surface area contributed by atoms with Gasteiger partial charge in [-0.05, 0) is 18.8 Å². The molecule has 2 spiro atoms.